The number of hydrogen-bond acceptors (Lipinski definition) is 4. The first kappa shape index (κ1) is 12.2. The van der Waals surface area contributed by atoms with Gasteiger partial charge in [-0.05, 0) is 37.1 Å². The van der Waals surface area contributed by atoms with Crippen LogP contribution in [0.25, 0.3) is 11.4 Å². The summed E-state index contributed by atoms with van der Waals surface area (Å²) in [5.41, 5.74) is 1.70. The summed E-state index contributed by atoms with van der Waals surface area (Å²) in [4.78, 5) is 8.73. The van der Waals surface area contributed by atoms with Gasteiger partial charge in [-0.2, -0.15) is 0 Å². The Balaban J connectivity index is 2.03. The molecule has 5 heteroatoms. The van der Waals surface area contributed by atoms with E-state index in [-0.39, 0.29) is 5.75 Å². The Bertz CT molecular complexity index is 627. The lowest BCUT2D eigenvalue weighted by molar-refractivity contribution is 0.373. The molecule has 1 N–H and O–H groups in total. The maximum atomic E-state index is 9.80. The summed E-state index contributed by atoms with van der Waals surface area (Å²) in [5.74, 6) is 1.53. The minimum atomic E-state index is 0.0662. The van der Waals surface area contributed by atoms with Gasteiger partial charge in [0.2, 0.25) is 0 Å². The summed E-state index contributed by atoms with van der Waals surface area (Å²) in [6.07, 6.45) is 2.31. The first-order chi connectivity index (χ1) is 9.17. The van der Waals surface area contributed by atoms with Crippen molar-refractivity contribution in [1.82, 2.24) is 9.97 Å². The molecule has 1 aliphatic carbocycles. The number of ether oxygens (including phenoxy) is 1. The fourth-order valence-corrected chi connectivity index (χ4v) is 2.17. The summed E-state index contributed by atoms with van der Waals surface area (Å²) in [5, 5.41) is 10.2. The highest BCUT2D eigenvalue weighted by molar-refractivity contribution is 6.29. The molecule has 1 aromatic carbocycles. The molecule has 3 rings (SSSR count). The summed E-state index contributed by atoms with van der Waals surface area (Å²) >= 11 is 6.03. The molecule has 1 saturated carbocycles. The summed E-state index contributed by atoms with van der Waals surface area (Å²) in [6.45, 7) is 0. The molecule has 0 unspecified atom stereocenters. The van der Waals surface area contributed by atoms with Crippen LogP contribution in [0.4, 0.5) is 0 Å². The molecule has 1 aliphatic rings. The van der Waals surface area contributed by atoms with E-state index in [4.69, 9.17) is 16.3 Å². The van der Waals surface area contributed by atoms with Gasteiger partial charge in [0.05, 0.1) is 7.11 Å². The van der Waals surface area contributed by atoms with Crippen molar-refractivity contribution < 1.29 is 9.84 Å². The maximum absolute atomic E-state index is 9.80. The van der Waals surface area contributed by atoms with Gasteiger partial charge in [0.25, 0.3) is 0 Å². The van der Waals surface area contributed by atoms with E-state index >= 15 is 0 Å². The SMILES string of the molecule is COc1ccc(-c2nc(Cl)cc(C3CC3)n2)cc1O. The van der Waals surface area contributed by atoms with Gasteiger partial charge in [0, 0.05) is 17.2 Å². The molecular weight excluding hydrogens is 264 g/mol. The Hall–Kier alpha value is -1.81. The van der Waals surface area contributed by atoms with Crippen molar-refractivity contribution in [1.29, 1.82) is 0 Å². The van der Waals surface area contributed by atoms with Gasteiger partial charge in [0.1, 0.15) is 5.15 Å². The van der Waals surface area contributed by atoms with Gasteiger partial charge in [0.15, 0.2) is 17.3 Å². The van der Waals surface area contributed by atoms with Crippen molar-refractivity contribution in [3.8, 4) is 22.9 Å². The normalized spacial score (nSPS) is 14.4. The fraction of sp³-hybridized carbons (Fsp3) is 0.286. The number of benzene rings is 1. The van der Waals surface area contributed by atoms with Crippen LogP contribution in [0.2, 0.25) is 5.15 Å². The van der Waals surface area contributed by atoms with Crippen molar-refractivity contribution in [2.75, 3.05) is 7.11 Å². The second kappa shape index (κ2) is 4.70. The van der Waals surface area contributed by atoms with Crippen LogP contribution >= 0.6 is 11.6 Å². The van der Waals surface area contributed by atoms with Crippen LogP contribution in [-0.2, 0) is 0 Å². The second-order valence-corrected chi connectivity index (χ2v) is 4.99. The Kier molecular flexibility index (Phi) is 3.03. The third-order valence-electron chi connectivity index (χ3n) is 3.15. The standard InChI is InChI=1S/C14H13ClN2O2/c1-19-12-5-4-9(6-11(12)18)14-16-10(8-2-3-8)7-13(15)17-14/h4-8,18H,2-3H2,1H3. The molecule has 19 heavy (non-hydrogen) atoms. The van der Waals surface area contributed by atoms with E-state index in [1.165, 1.54) is 7.11 Å². The molecule has 1 fully saturated rings. The number of methoxy groups -OCH3 is 1. The molecule has 0 spiro atoms. The van der Waals surface area contributed by atoms with E-state index in [1.807, 2.05) is 6.07 Å². The zero-order valence-corrected chi connectivity index (χ0v) is 11.2. The van der Waals surface area contributed by atoms with Crippen LogP contribution in [0, 0.1) is 0 Å². The van der Waals surface area contributed by atoms with Gasteiger partial charge < -0.3 is 9.84 Å². The lowest BCUT2D eigenvalue weighted by Gasteiger charge is -2.07. The number of aromatic nitrogens is 2. The van der Waals surface area contributed by atoms with Gasteiger partial charge in [-0.25, -0.2) is 9.97 Å². The summed E-state index contributed by atoms with van der Waals surface area (Å²) in [7, 11) is 1.51. The molecule has 0 bridgehead atoms. The molecule has 1 aromatic heterocycles. The fourth-order valence-electron chi connectivity index (χ4n) is 1.98. The average Bonchev–Trinajstić information content (AvgIpc) is 3.22. The van der Waals surface area contributed by atoms with Crippen LogP contribution in [0.1, 0.15) is 24.5 Å². The number of phenolic OH excluding ortho intramolecular Hbond substituents is 1. The van der Waals surface area contributed by atoms with Crippen LogP contribution in [0.15, 0.2) is 24.3 Å². The average molecular weight is 277 g/mol. The van der Waals surface area contributed by atoms with Crippen molar-refractivity contribution in [3.05, 3.63) is 35.1 Å². The van der Waals surface area contributed by atoms with Gasteiger partial charge in [-0.1, -0.05) is 11.6 Å². The first-order valence-corrected chi connectivity index (χ1v) is 6.47. The van der Waals surface area contributed by atoms with Crippen LogP contribution < -0.4 is 4.74 Å². The van der Waals surface area contributed by atoms with Crippen LogP contribution in [0.5, 0.6) is 11.5 Å². The smallest absolute Gasteiger partial charge is 0.161 e. The molecule has 4 nitrogen and oxygen atoms in total. The molecule has 0 atom stereocenters. The molecular formula is C14H13ClN2O2. The summed E-state index contributed by atoms with van der Waals surface area (Å²) in [6, 6.07) is 6.89. The molecule has 0 radical (unpaired) electrons. The number of halogens is 1. The Morgan fingerprint density at radius 2 is 2.05 bits per heavy atom. The highest BCUT2D eigenvalue weighted by Crippen LogP contribution is 2.40. The summed E-state index contributed by atoms with van der Waals surface area (Å²) < 4.78 is 5.01. The minimum Gasteiger partial charge on any atom is -0.504 e. The number of hydrogen-bond donors (Lipinski definition) is 1. The van der Waals surface area contributed by atoms with E-state index in [0.29, 0.717) is 22.6 Å². The van der Waals surface area contributed by atoms with Crippen molar-refractivity contribution in [3.63, 3.8) is 0 Å². The minimum absolute atomic E-state index is 0.0662. The molecule has 98 valence electrons. The van der Waals surface area contributed by atoms with E-state index in [0.717, 1.165) is 24.1 Å². The Morgan fingerprint density at radius 3 is 2.68 bits per heavy atom. The maximum Gasteiger partial charge on any atom is 0.161 e. The Morgan fingerprint density at radius 1 is 1.26 bits per heavy atom. The molecule has 0 amide bonds. The molecule has 0 aliphatic heterocycles. The Labute approximate surface area is 116 Å². The number of aromatic hydroxyl groups is 1. The number of rotatable bonds is 3. The van der Waals surface area contributed by atoms with Crippen molar-refractivity contribution in [2.45, 2.75) is 18.8 Å². The highest BCUT2D eigenvalue weighted by atomic mass is 35.5. The van der Waals surface area contributed by atoms with E-state index in [9.17, 15) is 5.11 Å². The zero-order valence-electron chi connectivity index (χ0n) is 10.4. The zero-order chi connectivity index (χ0) is 13.4. The van der Waals surface area contributed by atoms with Crippen LogP contribution in [-0.4, -0.2) is 22.2 Å². The third kappa shape index (κ3) is 2.49. The monoisotopic (exact) mass is 276 g/mol. The van der Waals surface area contributed by atoms with Crippen molar-refractivity contribution in [2.24, 2.45) is 0 Å². The second-order valence-electron chi connectivity index (χ2n) is 4.60. The molecule has 2 aromatic rings. The van der Waals surface area contributed by atoms with Gasteiger partial charge in [-0.15, -0.1) is 0 Å². The lowest BCUT2D eigenvalue weighted by Crippen LogP contribution is -1.95. The van der Waals surface area contributed by atoms with E-state index < -0.39 is 0 Å². The quantitative estimate of drug-likeness (QED) is 0.873. The predicted molar refractivity (Wildman–Crippen MR) is 72.7 cm³/mol. The molecule has 1 heterocycles. The van der Waals surface area contributed by atoms with E-state index in [1.54, 1.807) is 18.2 Å². The molecule has 0 saturated heterocycles. The topological polar surface area (TPSA) is 55.2 Å². The lowest BCUT2D eigenvalue weighted by atomic mass is 10.1. The van der Waals surface area contributed by atoms with E-state index in [2.05, 4.69) is 9.97 Å². The number of phenols is 1. The highest BCUT2D eigenvalue weighted by Gasteiger charge is 2.26. The predicted octanol–water partition coefficient (Wildman–Crippen LogP) is 3.39. The largest absolute Gasteiger partial charge is 0.504 e. The van der Waals surface area contributed by atoms with Gasteiger partial charge in [-0.3, -0.25) is 0 Å². The van der Waals surface area contributed by atoms with Crippen molar-refractivity contribution >= 4 is 11.6 Å². The first-order valence-electron chi connectivity index (χ1n) is 6.09. The third-order valence-corrected chi connectivity index (χ3v) is 3.34. The van der Waals surface area contributed by atoms with Crippen LogP contribution in [0.3, 0.4) is 0 Å². The van der Waals surface area contributed by atoms with Gasteiger partial charge >= 0.3 is 0 Å². The number of nitrogens with zero attached hydrogens (tertiary/aromatic N) is 2.